The number of benzene rings is 1. The van der Waals surface area contributed by atoms with Gasteiger partial charge in [0.2, 0.25) is 0 Å². The molecule has 1 aromatic carbocycles. The number of hydrogen-bond acceptors (Lipinski definition) is 2. The average Bonchev–Trinajstić information content (AvgIpc) is 2.49. The third-order valence-electron chi connectivity index (χ3n) is 4.59. The molecule has 0 spiro atoms. The zero-order chi connectivity index (χ0) is 15.1. The molecule has 0 aliphatic heterocycles. The maximum absolute atomic E-state index is 3.51. The van der Waals surface area contributed by atoms with Crippen LogP contribution in [-0.2, 0) is 6.42 Å². The first-order valence-electron chi connectivity index (χ1n) is 8.10. The smallest absolute Gasteiger partial charge is 0.0473 e. The van der Waals surface area contributed by atoms with Gasteiger partial charge in [-0.15, -0.1) is 0 Å². The van der Waals surface area contributed by atoms with Crippen LogP contribution in [0.3, 0.4) is 0 Å². The van der Waals surface area contributed by atoms with Crippen LogP contribution in [0.4, 0.5) is 0 Å². The molecule has 0 aliphatic rings. The van der Waals surface area contributed by atoms with E-state index >= 15 is 0 Å². The SMILES string of the molecule is CCc1ccc(C(NC)C(C)N(CC)C(C)CC)cc1. The van der Waals surface area contributed by atoms with E-state index in [2.05, 4.69) is 76.1 Å². The van der Waals surface area contributed by atoms with Gasteiger partial charge < -0.3 is 5.32 Å². The minimum atomic E-state index is 0.384. The molecule has 0 aromatic heterocycles. The molecule has 20 heavy (non-hydrogen) atoms. The van der Waals surface area contributed by atoms with Crippen molar-refractivity contribution in [2.45, 2.75) is 65.6 Å². The molecular weight excluding hydrogens is 244 g/mol. The molecule has 114 valence electrons. The lowest BCUT2D eigenvalue weighted by Gasteiger charge is -2.38. The van der Waals surface area contributed by atoms with E-state index in [-0.39, 0.29) is 0 Å². The first kappa shape index (κ1) is 17.2. The van der Waals surface area contributed by atoms with E-state index in [0.29, 0.717) is 18.1 Å². The van der Waals surface area contributed by atoms with Gasteiger partial charge in [-0.2, -0.15) is 0 Å². The van der Waals surface area contributed by atoms with Gasteiger partial charge in [0.1, 0.15) is 0 Å². The topological polar surface area (TPSA) is 15.3 Å². The molecule has 0 heterocycles. The van der Waals surface area contributed by atoms with Crippen molar-refractivity contribution < 1.29 is 0 Å². The van der Waals surface area contributed by atoms with Crippen molar-refractivity contribution in [1.82, 2.24) is 10.2 Å². The maximum atomic E-state index is 3.51. The second kappa shape index (κ2) is 8.43. The summed E-state index contributed by atoms with van der Waals surface area (Å²) in [6.45, 7) is 12.5. The van der Waals surface area contributed by atoms with Gasteiger partial charge in [-0.25, -0.2) is 0 Å². The van der Waals surface area contributed by atoms with Crippen LogP contribution in [0.1, 0.15) is 58.2 Å². The van der Waals surface area contributed by atoms with Crippen molar-refractivity contribution in [3.05, 3.63) is 35.4 Å². The van der Waals surface area contributed by atoms with Crippen molar-refractivity contribution in [2.24, 2.45) is 0 Å². The number of nitrogens with zero attached hydrogens (tertiary/aromatic N) is 1. The van der Waals surface area contributed by atoms with Gasteiger partial charge in [0.25, 0.3) is 0 Å². The maximum Gasteiger partial charge on any atom is 0.0473 e. The van der Waals surface area contributed by atoms with Gasteiger partial charge in [0.15, 0.2) is 0 Å². The zero-order valence-electron chi connectivity index (χ0n) is 14.1. The Balaban J connectivity index is 2.92. The molecule has 1 N–H and O–H groups in total. The van der Waals surface area contributed by atoms with E-state index in [4.69, 9.17) is 0 Å². The van der Waals surface area contributed by atoms with Gasteiger partial charge in [-0.05, 0) is 51.4 Å². The van der Waals surface area contributed by atoms with Gasteiger partial charge in [0.05, 0.1) is 0 Å². The summed E-state index contributed by atoms with van der Waals surface area (Å²) in [5.41, 5.74) is 2.80. The fourth-order valence-electron chi connectivity index (χ4n) is 3.07. The zero-order valence-corrected chi connectivity index (χ0v) is 14.1. The van der Waals surface area contributed by atoms with E-state index in [0.717, 1.165) is 13.0 Å². The van der Waals surface area contributed by atoms with Crippen LogP contribution in [0, 0.1) is 0 Å². The lowest BCUT2D eigenvalue weighted by Crippen LogP contribution is -2.46. The van der Waals surface area contributed by atoms with Crippen LogP contribution in [0.5, 0.6) is 0 Å². The van der Waals surface area contributed by atoms with E-state index < -0.39 is 0 Å². The van der Waals surface area contributed by atoms with Crippen LogP contribution in [0.2, 0.25) is 0 Å². The third-order valence-corrected chi connectivity index (χ3v) is 4.59. The van der Waals surface area contributed by atoms with Crippen LogP contribution < -0.4 is 5.32 Å². The molecule has 1 rings (SSSR count). The lowest BCUT2D eigenvalue weighted by atomic mass is 9.96. The lowest BCUT2D eigenvalue weighted by molar-refractivity contribution is 0.130. The molecule has 1 aromatic rings. The molecule has 0 radical (unpaired) electrons. The highest BCUT2D eigenvalue weighted by atomic mass is 15.2. The Morgan fingerprint density at radius 2 is 1.65 bits per heavy atom. The molecule has 2 heteroatoms. The van der Waals surface area contributed by atoms with Gasteiger partial charge in [0, 0.05) is 18.1 Å². The Morgan fingerprint density at radius 3 is 2.05 bits per heavy atom. The van der Waals surface area contributed by atoms with Crippen molar-refractivity contribution in [3.63, 3.8) is 0 Å². The highest BCUT2D eigenvalue weighted by Crippen LogP contribution is 2.23. The van der Waals surface area contributed by atoms with Gasteiger partial charge >= 0.3 is 0 Å². The average molecular weight is 276 g/mol. The number of hydrogen-bond donors (Lipinski definition) is 1. The Bertz CT molecular complexity index is 372. The fraction of sp³-hybridized carbons (Fsp3) is 0.667. The van der Waals surface area contributed by atoms with E-state index in [9.17, 15) is 0 Å². The summed E-state index contributed by atoms with van der Waals surface area (Å²) in [5.74, 6) is 0. The van der Waals surface area contributed by atoms with Crippen LogP contribution in [-0.4, -0.2) is 30.6 Å². The summed E-state index contributed by atoms with van der Waals surface area (Å²) >= 11 is 0. The Kier molecular flexibility index (Phi) is 7.25. The van der Waals surface area contributed by atoms with Gasteiger partial charge in [-0.3, -0.25) is 4.90 Å². The minimum absolute atomic E-state index is 0.384. The highest BCUT2D eigenvalue weighted by Gasteiger charge is 2.25. The molecule has 0 aliphatic carbocycles. The highest BCUT2D eigenvalue weighted by molar-refractivity contribution is 5.26. The van der Waals surface area contributed by atoms with Gasteiger partial charge in [-0.1, -0.05) is 45.0 Å². The molecule has 0 fully saturated rings. The first-order valence-corrected chi connectivity index (χ1v) is 8.10. The summed E-state index contributed by atoms with van der Waals surface area (Å²) < 4.78 is 0. The van der Waals surface area contributed by atoms with Crippen molar-refractivity contribution in [1.29, 1.82) is 0 Å². The van der Waals surface area contributed by atoms with E-state index in [1.54, 1.807) is 0 Å². The van der Waals surface area contributed by atoms with Crippen LogP contribution in [0.15, 0.2) is 24.3 Å². The Hall–Kier alpha value is -0.860. The monoisotopic (exact) mass is 276 g/mol. The van der Waals surface area contributed by atoms with Crippen molar-refractivity contribution in [2.75, 3.05) is 13.6 Å². The molecule has 0 saturated heterocycles. The van der Waals surface area contributed by atoms with E-state index in [1.165, 1.54) is 17.5 Å². The summed E-state index contributed by atoms with van der Waals surface area (Å²) in [5, 5.41) is 3.51. The predicted octanol–water partition coefficient (Wildman–Crippen LogP) is 4.02. The molecule has 0 saturated carbocycles. The summed E-state index contributed by atoms with van der Waals surface area (Å²) in [6.07, 6.45) is 2.30. The molecule has 0 amide bonds. The summed E-state index contributed by atoms with van der Waals surface area (Å²) in [7, 11) is 2.07. The predicted molar refractivity (Wildman–Crippen MR) is 89.2 cm³/mol. The third kappa shape index (κ3) is 4.07. The Labute approximate surface area is 125 Å². The van der Waals surface area contributed by atoms with E-state index in [1.807, 2.05) is 0 Å². The van der Waals surface area contributed by atoms with Crippen LogP contribution >= 0.6 is 0 Å². The number of rotatable bonds is 8. The summed E-state index contributed by atoms with van der Waals surface area (Å²) in [4.78, 5) is 2.59. The molecule has 2 nitrogen and oxygen atoms in total. The second-order valence-corrected chi connectivity index (χ2v) is 5.69. The number of nitrogens with one attached hydrogen (secondary N) is 1. The Morgan fingerprint density at radius 1 is 1.05 bits per heavy atom. The normalized spacial score (nSPS) is 16.1. The molecule has 3 unspecified atom stereocenters. The van der Waals surface area contributed by atoms with Crippen molar-refractivity contribution >= 4 is 0 Å². The minimum Gasteiger partial charge on any atom is -0.312 e. The first-order chi connectivity index (χ1) is 9.58. The standard InChI is InChI=1S/C18H32N2/c1-7-14(4)20(9-3)15(5)18(19-6)17-12-10-16(8-2)11-13-17/h10-15,18-19H,7-9H2,1-6H3. The molecular formula is C18H32N2. The molecule has 0 bridgehead atoms. The van der Waals surface area contributed by atoms with Crippen molar-refractivity contribution in [3.8, 4) is 0 Å². The number of likely N-dealkylation sites (N-methyl/N-ethyl adjacent to an activating group) is 2. The fourth-order valence-corrected chi connectivity index (χ4v) is 3.07. The molecule has 3 atom stereocenters. The quantitative estimate of drug-likeness (QED) is 0.771. The largest absolute Gasteiger partial charge is 0.312 e. The number of aryl methyl sites for hydroxylation is 1. The summed E-state index contributed by atoms with van der Waals surface area (Å²) in [6, 6.07) is 10.6. The van der Waals surface area contributed by atoms with Crippen LogP contribution in [0.25, 0.3) is 0 Å². The second-order valence-electron chi connectivity index (χ2n) is 5.69.